The number of H-pyrrole nitrogens is 1. The Kier molecular flexibility index (Phi) is 5.61. The van der Waals surface area contributed by atoms with Crippen LogP contribution in [0.5, 0.6) is 0 Å². The highest BCUT2D eigenvalue weighted by Crippen LogP contribution is 2.34. The fourth-order valence-corrected chi connectivity index (χ4v) is 5.71. The third-order valence-electron chi connectivity index (χ3n) is 7.69. The number of imidazole rings is 1. The Labute approximate surface area is 199 Å². The van der Waals surface area contributed by atoms with Crippen LogP contribution < -0.4 is 16.4 Å². The summed E-state index contributed by atoms with van der Waals surface area (Å²) < 4.78 is 2.27. The number of anilines is 2. The van der Waals surface area contributed by atoms with Crippen LogP contribution in [0.3, 0.4) is 0 Å². The maximum Gasteiger partial charge on any atom is 0.227 e. The third kappa shape index (κ3) is 4.00. The van der Waals surface area contributed by atoms with Gasteiger partial charge < -0.3 is 25.9 Å². The Bertz CT molecular complexity index is 1280. The van der Waals surface area contributed by atoms with Crippen molar-refractivity contribution < 1.29 is 0 Å². The Morgan fingerprint density at radius 3 is 2.68 bits per heavy atom. The molecule has 1 aromatic carbocycles. The van der Waals surface area contributed by atoms with E-state index in [9.17, 15) is 0 Å². The zero-order valence-electron chi connectivity index (χ0n) is 19.8. The molecule has 0 amide bonds. The van der Waals surface area contributed by atoms with Gasteiger partial charge in [-0.05, 0) is 57.1 Å². The standard InChI is InChI=1S/C26H34N8/c1-16(21-14-28-22-9-5-4-8-20(21)22)30-24-23-25(34(15-29-23)19-6-2-3-7-19)33-26(32-24)31-18-12-10-17(27)11-13-18/h4-5,8-9,14-19,28H,2-3,6-7,10-13,27H2,1H3,(H2,30,31,32,33). The van der Waals surface area contributed by atoms with Crippen LogP contribution in [-0.2, 0) is 0 Å². The highest BCUT2D eigenvalue weighted by atomic mass is 15.2. The number of nitrogens with two attached hydrogens (primary N) is 1. The molecule has 5 N–H and O–H groups in total. The molecule has 8 heteroatoms. The van der Waals surface area contributed by atoms with Gasteiger partial charge in [0.05, 0.1) is 12.4 Å². The Morgan fingerprint density at radius 1 is 1.06 bits per heavy atom. The van der Waals surface area contributed by atoms with Gasteiger partial charge in [0.25, 0.3) is 0 Å². The first-order chi connectivity index (χ1) is 16.7. The van der Waals surface area contributed by atoms with Crippen molar-refractivity contribution >= 4 is 33.8 Å². The monoisotopic (exact) mass is 458 g/mol. The summed E-state index contributed by atoms with van der Waals surface area (Å²) in [5.74, 6) is 1.47. The van der Waals surface area contributed by atoms with E-state index < -0.39 is 0 Å². The molecule has 1 atom stereocenters. The van der Waals surface area contributed by atoms with Crippen molar-refractivity contribution in [3.05, 3.63) is 42.4 Å². The zero-order valence-corrected chi connectivity index (χ0v) is 19.8. The Balaban J connectivity index is 1.35. The summed E-state index contributed by atoms with van der Waals surface area (Å²) in [7, 11) is 0. The van der Waals surface area contributed by atoms with Gasteiger partial charge >= 0.3 is 0 Å². The third-order valence-corrected chi connectivity index (χ3v) is 7.69. The molecular formula is C26H34N8. The van der Waals surface area contributed by atoms with Gasteiger partial charge in [0, 0.05) is 35.2 Å². The molecule has 6 rings (SSSR count). The number of nitrogens with zero attached hydrogens (tertiary/aromatic N) is 4. The average molecular weight is 459 g/mol. The van der Waals surface area contributed by atoms with E-state index in [1.54, 1.807) is 0 Å². The maximum atomic E-state index is 6.12. The van der Waals surface area contributed by atoms with E-state index >= 15 is 0 Å². The molecular weight excluding hydrogens is 424 g/mol. The van der Waals surface area contributed by atoms with E-state index in [1.165, 1.54) is 36.6 Å². The normalized spacial score (nSPS) is 22.4. The predicted octanol–water partition coefficient (Wildman–Crippen LogP) is 5.28. The second-order valence-corrected chi connectivity index (χ2v) is 10.1. The van der Waals surface area contributed by atoms with Crippen LogP contribution in [0.2, 0.25) is 0 Å². The van der Waals surface area contributed by atoms with Crippen molar-refractivity contribution in [1.82, 2.24) is 24.5 Å². The Morgan fingerprint density at radius 2 is 1.85 bits per heavy atom. The number of hydrogen-bond acceptors (Lipinski definition) is 6. The summed E-state index contributed by atoms with van der Waals surface area (Å²) in [6, 6.07) is 9.61. The minimum Gasteiger partial charge on any atom is -0.361 e. The summed E-state index contributed by atoms with van der Waals surface area (Å²) in [6.45, 7) is 2.17. The average Bonchev–Trinajstić information content (AvgIpc) is 3.60. The molecule has 0 aliphatic heterocycles. The first-order valence-corrected chi connectivity index (χ1v) is 12.7. The predicted molar refractivity (Wildman–Crippen MR) is 137 cm³/mol. The molecule has 3 aromatic heterocycles. The number of hydrogen-bond donors (Lipinski definition) is 4. The molecule has 178 valence electrons. The molecule has 3 heterocycles. The molecule has 0 saturated heterocycles. The van der Waals surface area contributed by atoms with Crippen LogP contribution in [0, 0.1) is 0 Å². The van der Waals surface area contributed by atoms with Crippen LogP contribution in [0.1, 0.15) is 75.9 Å². The van der Waals surface area contributed by atoms with Crippen molar-refractivity contribution in [3.8, 4) is 0 Å². The van der Waals surface area contributed by atoms with Crippen LogP contribution in [-0.4, -0.2) is 36.6 Å². The van der Waals surface area contributed by atoms with Crippen LogP contribution in [0.25, 0.3) is 22.1 Å². The molecule has 2 fully saturated rings. The first kappa shape index (κ1) is 21.4. The number of nitrogens with one attached hydrogen (secondary N) is 3. The minimum atomic E-state index is 0.0615. The lowest BCUT2D eigenvalue weighted by Gasteiger charge is -2.27. The van der Waals surface area contributed by atoms with Gasteiger partial charge in [0.15, 0.2) is 17.0 Å². The van der Waals surface area contributed by atoms with Gasteiger partial charge in [-0.1, -0.05) is 31.0 Å². The number of aromatic amines is 1. The fourth-order valence-electron chi connectivity index (χ4n) is 5.71. The van der Waals surface area contributed by atoms with Crippen molar-refractivity contribution in [2.24, 2.45) is 5.73 Å². The maximum absolute atomic E-state index is 6.12. The van der Waals surface area contributed by atoms with Crippen LogP contribution >= 0.6 is 0 Å². The van der Waals surface area contributed by atoms with E-state index in [2.05, 4.69) is 57.6 Å². The van der Waals surface area contributed by atoms with Gasteiger partial charge in [-0.25, -0.2) is 4.98 Å². The van der Waals surface area contributed by atoms with Crippen molar-refractivity contribution in [2.45, 2.75) is 82.5 Å². The summed E-state index contributed by atoms with van der Waals surface area (Å²) in [4.78, 5) is 18.1. The summed E-state index contributed by atoms with van der Waals surface area (Å²) in [5, 5.41) is 8.50. The number of fused-ring (bicyclic) bond motifs is 2. The first-order valence-electron chi connectivity index (χ1n) is 12.7. The largest absolute Gasteiger partial charge is 0.361 e. The van der Waals surface area contributed by atoms with Crippen LogP contribution in [0.15, 0.2) is 36.8 Å². The lowest BCUT2D eigenvalue weighted by atomic mass is 9.92. The molecule has 1 unspecified atom stereocenters. The van der Waals surface area contributed by atoms with E-state index in [0.717, 1.165) is 48.2 Å². The molecule has 2 saturated carbocycles. The number of aromatic nitrogens is 5. The minimum absolute atomic E-state index is 0.0615. The molecule has 8 nitrogen and oxygen atoms in total. The van der Waals surface area contributed by atoms with Crippen molar-refractivity contribution in [3.63, 3.8) is 0 Å². The topological polar surface area (TPSA) is 109 Å². The van der Waals surface area contributed by atoms with Gasteiger partial charge in [-0.3, -0.25) is 0 Å². The number of rotatable bonds is 6. The van der Waals surface area contributed by atoms with E-state index in [-0.39, 0.29) is 6.04 Å². The molecule has 2 aliphatic carbocycles. The second kappa shape index (κ2) is 8.91. The van der Waals surface area contributed by atoms with E-state index in [4.69, 9.17) is 20.7 Å². The smallest absolute Gasteiger partial charge is 0.227 e. The quantitative estimate of drug-likeness (QED) is 0.313. The summed E-state index contributed by atoms with van der Waals surface area (Å²) in [5.41, 5.74) is 10.2. The van der Waals surface area contributed by atoms with E-state index in [1.807, 2.05) is 6.33 Å². The lowest BCUT2D eigenvalue weighted by Crippen LogP contribution is -2.33. The Hall–Kier alpha value is -3.13. The van der Waals surface area contributed by atoms with Gasteiger partial charge in [0.2, 0.25) is 5.95 Å². The molecule has 0 bridgehead atoms. The summed E-state index contributed by atoms with van der Waals surface area (Å²) in [6.07, 6.45) is 13.2. The van der Waals surface area contributed by atoms with Gasteiger partial charge in [-0.2, -0.15) is 9.97 Å². The fraction of sp³-hybridized carbons (Fsp3) is 0.500. The molecule has 0 spiro atoms. The van der Waals surface area contributed by atoms with Crippen molar-refractivity contribution in [2.75, 3.05) is 10.6 Å². The highest BCUT2D eigenvalue weighted by molar-refractivity contribution is 5.86. The van der Waals surface area contributed by atoms with Gasteiger partial charge in [0.1, 0.15) is 0 Å². The van der Waals surface area contributed by atoms with Gasteiger partial charge in [-0.15, -0.1) is 0 Å². The SMILES string of the molecule is CC(Nc1nc(NC2CCC(N)CC2)nc2c1ncn2C1CCCC1)c1c[nH]c2ccccc12. The lowest BCUT2D eigenvalue weighted by molar-refractivity contribution is 0.410. The summed E-state index contributed by atoms with van der Waals surface area (Å²) >= 11 is 0. The van der Waals surface area contributed by atoms with Crippen molar-refractivity contribution in [1.29, 1.82) is 0 Å². The molecule has 4 aromatic rings. The second-order valence-electron chi connectivity index (χ2n) is 10.1. The number of para-hydroxylation sites is 1. The van der Waals surface area contributed by atoms with E-state index in [0.29, 0.717) is 24.1 Å². The van der Waals surface area contributed by atoms with Crippen LogP contribution in [0.4, 0.5) is 11.8 Å². The highest BCUT2D eigenvalue weighted by Gasteiger charge is 2.24. The molecule has 0 radical (unpaired) electrons. The zero-order chi connectivity index (χ0) is 23.1. The molecule has 2 aliphatic rings. The number of benzene rings is 1. The molecule has 34 heavy (non-hydrogen) atoms.